The van der Waals surface area contributed by atoms with Crippen LogP contribution in [0.2, 0.25) is 0 Å². The van der Waals surface area contributed by atoms with Gasteiger partial charge in [0, 0.05) is 48.7 Å². The molecule has 0 saturated carbocycles. The van der Waals surface area contributed by atoms with Gasteiger partial charge in [-0.05, 0) is 246 Å². The summed E-state index contributed by atoms with van der Waals surface area (Å²) < 4.78 is 198. The second-order valence-electron chi connectivity index (χ2n) is 34.1. The standard InChI is InChI=1S/C118H60F12N10/c119-115(120,121)99-43-32-69(53-111(99)137-103-23-11-9-21-90(103)97-51-73(36-47-105(97)137)85-17-5-1-13-79(85)61-131)70-33-44-100(116(122,123)124)112(54-70)138-104-24-12-10-22-91(104)98-52-74(37-48-106(98)138)96-50-68(25-26-83(96)65-135)67-27-38-89(84(49-67)66-136)78-31-42-95-94-41-30-77(88-20-8-4-16-82(88)64-134)59-109(94)140(110(95)60-78)114-56-72(35-46-102(114)118(128,129)130)71-34-45-101(117(125,126)127)113(55-71)139-107-57-75(86-18-6-2-14-80(86)62-132)28-39-92(107)93-40-29-76(58-108(93)139)87-19-7-3-15-81(87)63-133/h1-60H. The van der Waals surface area contributed by atoms with E-state index in [4.69, 9.17) is 0 Å². The van der Waals surface area contributed by atoms with E-state index in [2.05, 4.69) is 36.4 Å². The molecular weight excluding hydrogens is 1790 g/mol. The summed E-state index contributed by atoms with van der Waals surface area (Å²) in [5.74, 6) is 0. The Labute approximate surface area is 788 Å². The molecule has 0 bridgehead atoms. The summed E-state index contributed by atoms with van der Waals surface area (Å²) in [4.78, 5) is 0. The maximum atomic E-state index is 16.5. The molecule has 0 fully saturated rings. The van der Waals surface area contributed by atoms with E-state index in [1.165, 1.54) is 66.8 Å². The fourth-order valence-corrected chi connectivity index (χ4v) is 20.0. The van der Waals surface area contributed by atoms with Gasteiger partial charge in [0.25, 0.3) is 0 Å². The minimum Gasteiger partial charge on any atom is -0.309 e. The zero-order valence-corrected chi connectivity index (χ0v) is 72.6. The minimum absolute atomic E-state index is 0.0595. The van der Waals surface area contributed by atoms with Gasteiger partial charge in [-0.1, -0.05) is 212 Å². The molecule has 0 saturated heterocycles. The highest BCUT2D eigenvalue weighted by Crippen LogP contribution is 2.51. The second-order valence-corrected chi connectivity index (χ2v) is 34.1. The highest BCUT2D eigenvalue weighted by molar-refractivity contribution is 6.16. The maximum absolute atomic E-state index is 16.5. The topological polar surface area (TPSA) is 162 Å². The van der Waals surface area contributed by atoms with Gasteiger partial charge in [0.2, 0.25) is 0 Å². The lowest BCUT2D eigenvalue weighted by molar-refractivity contribution is -0.138. The Bertz CT molecular complexity index is 9260. The first-order valence-corrected chi connectivity index (χ1v) is 43.9. The Kier molecular flexibility index (Phi) is 20.5. The van der Waals surface area contributed by atoms with Crippen molar-refractivity contribution in [1.29, 1.82) is 31.6 Å². The highest BCUT2D eigenvalue weighted by atomic mass is 19.4. The van der Waals surface area contributed by atoms with Crippen LogP contribution >= 0.6 is 0 Å². The van der Waals surface area contributed by atoms with Crippen LogP contribution in [0.1, 0.15) is 55.6 Å². The van der Waals surface area contributed by atoms with Gasteiger partial charge in [-0.3, -0.25) is 0 Å². The smallest absolute Gasteiger partial charge is 0.309 e. The van der Waals surface area contributed by atoms with Crippen LogP contribution in [0.4, 0.5) is 52.7 Å². The lowest BCUT2D eigenvalue weighted by Crippen LogP contribution is -2.12. The molecule has 0 N–H and O–H groups in total. The number of nitrogens with zero attached hydrogens (tertiary/aromatic N) is 10. The average Bonchev–Trinajstić information content (AvgIpc) is 1.55. The predicted molar refractivity (Wildman–Crippen MR) is 521 cm³/mol. The van der Waals surface area contributed by atoms with Crippen LogP contribution < -0.4 is 0 Å². The number of nitriles is 6. The Morgan fingerprint density at radius 1 is 0.157 bits per heavy atom. The summed E-state index contributed by atoms with van der Waals surface area (Å²) >= 11 is 0. The van der Waals surface area contributed by atoms with Crippen molar-refractivity contribution in [2.45, 2.75) is 24.7 Å². The van der Waals surface area contributed by atoms with Crippen molar-refractivity contribution in [2.75, 3.05) is 0 Å². The monoisotopic (exact) mass is 1840 g/mol. The maximum Gasteiger partial charge on any atom is 0.418 e. The zero-order chi connectivity index (χ0) is 96.7. The zero-order valence-electron chi connectivity index (χ0n) is 72.6. The Hall–Kier alpha value is -18.7. The van der Waals surface area contributed by atoms with Crippen molar-refractivity contribution in [2.24, 2.45) is 0 Å². The van der Waals surface area contributed by atoms with Crippen molar-refractivity contribution >= 4 is 87.2 Å². The Morgan fingerprint density at radius 3 is 0.700 bits per heavy atom. The molecular formula is C118H60F12N10. The molecule has 0 aliphatic heterocycles. The molecule has 22 aromatic rings. The summed E-state index contributed by atoms with van der Waals surface area (Å²) in [5.41, 5.74) is 5.36. The molecule has 22 heteroatoms. The summed E-state index contributed by atoms with van der Waals surface area (Å²) in [7, 11) is 0. The van der Waals surface area contributed by atoms with Gasteiger partial charge < -0.3 is 18.3 Å². The molecule has 0 amide bonds. The van der Waals surface area contributed by atoms with Gasteiger partial charge in [-0.2, -0.15) is 84.3 Å². The van der Waals surface area contributed by atoms with E-state index in [-0.39, 0.29) is 72.4 Å². The molecule has 0 spiro atoms. The first kappa shape index (κ1) is 86.7. The van der Waals surface area contributed by atoms with Gasteiger partial charge in [0.05, 0.1) is 159 Å². The van der Waals surface area contributed by atoms with E-state index < -0.39 is 58.3 Å². The molecule has 0 aliphatic rings. The highest BCUT2D eigenvalue weighted by Gasteiger charge is 2.41. The van der Waals surface area contributed by atoms with E-state index in [1.54, 1.807) is 285 Å². The molecule has 140 heavy (non-hydrogen) atoms. The van der Waals surface area contributed by atoms with Crippen LogP contribution in [0.3, 0.4) is 0 Å². The van der Waals surface area contributed by atoms with E-state index in [1.807, 2.05) is 6.07 Å². The second kappa shape index (κ2) is 33.1. The first-order valence-electron chi connectivity index (χ1n) is 43.9. The van der Waals surface area contributed by atoms with Crippen LogP contribution in [0.25, 0.3) is 210 Å². The minimum atomic E-state index is -5.10. The number of rotatable bonds is 13. The fraction of sp³-hybridized carbons (Fsp3) is 0.0339. The van der Waals surface area contributed by atoms with Gasteiger partial charge in [0.15, 0.2) is 0 Å². The summed E-state index contributed by atoms with van der Waals surface area (Å²) in [6.45, 7) is 0. The lowest BCUT2D eigenvalue weighted by Gasteiger charge is -2.20. The van der Waals surface area contributed by atoms with Crippen LogP contribution in [0, 0.1) is 68.0 Å². The number of hydrogen-bond donors (Lipinski definition) is 0. The average molecular weight is 1850 g/mol. The van der Waals surface area contributed by atoms with Gasteiger partial charge >= 0.3 is 24.7 Å². The quantitative estimate of drug-likeness (QED) is 0.104. The third-order valence-electron chi connectivity index (χ3n) is 26.4. The van der Waals surface area contributed by atoms with Crippen LogP contribution in [-0.2, 0) is 24.7 Å². The summed E-state index contributed by atoms with van der Waals surface area (Å²) in [6.07, 6.45) is -20.0. The molecule has 0 unspecified atom stereocenters. The number of halogens is 12. The lowest BCUT2D eigenvalue weighted by atomic mass is 9.91. The fourth-order valence-electron chi connectivity index (χ4n) is 20.0. The third-order valence-corrected chi connectivity index (χ3v) is 26.4. The van der Waals surface area contributed by atoms with Crippen molar-refractivity contribution in [1.82, 2.24) is 18.3 Å². The molecule has 4 heterocycles. The number of fused-ring (bicyclic) bond motifs is 12. The third kappa shape index (κ3) is 14.5. The largest absolute Gasteiger partial charge is 0.418 e. The normalized spacial score (nSPS) is 12.0. The van der Waals surface area contributed by atoms with Crippen molar-refractivity contribution < 1.29 is 52.7 Å². The van der Waals surface area contributed by atoms with Crippen LogP contribution in [-0.4, -0.2) is 18.3 Å². The van der Waals surface area contributed by atoms with Gasteiger partial charge in [0.1, 0.15) is 0 Å². The Morgan fingerprint density at radius 2 is 0.379 bits per heavy atom. The number of hydrogen-bond acceptors (Lipinski definition) is 6. The predicted octanol–water partition coefficient (Wildman–Crippen LogP) is 32.4. The van der Waals surface area contributed by atoms with E-state index >= 15 is 52.7 Å². The van der Waals surface area contributed by atoms with Crippen molar-refractivity contribution in [3.05, 3.63) is 420 Å². The van der Waals surface area contributed by atoms with Gasteiger partial charge in [-0.25, -0.2) is 0 Å². The summed E-state index contributed by atoms with van der Waals surface area (Å²) in [5, 5.41) is 67.4. The molecule has 4 aromatic heterocycles. The molecule has 0 radical (unpaired) electrons. The molecule has 10 nitrogen and oxygen atoms in total. The summed E-state index contributed by atoms with van der Waals surface area (Å²) in [6, 6.07) is 109. The molecule has 18 aromatic carbocycles. The Balaban J connectivity index is 0.657. The molecule has 666 valence electrons. The van der Waals surface area contributed by atoms with E-state index in [0.717, 1.165) is 24.3 Å². The SMILES string of the molecule is N#Cc1ccccc1-c1ccc2c(c1)c1ccccc1n2-c1cc(-c2ccc(C(F)(F)F)c(-n3c4ccccc4c4cc(-c5cc(-c6ccc(-c7ccc8c9ccc(-c%10ccccc%10C#N)cc9n(-c9cc(-c%10ccc(C(F)(F)F)c(-n%11c%12cc(-c%13ccccc%13C#N)ccc%12c%12ccc(-c%13ccccc%13C#N)cc%12%11)c%10)ccc9C(F)(F)F)c8c7)c(C#N)c6)ccc5C#N)ccc43)c2)ccc1C(F)(F)F. The van der Waals surface area contributed by atoms with Gasteiger partial charge in [-0.15, -0.1) is 0 Å². The van der Waals surface area contributed by atoms with Crippen LogP contribution in [0.15, 0.2) is 364 Å². The molecule has 0 atom stereocenters. The van der Waals surface area contributed by atoms with Crippen molar-refractivity contribution in [3.8, 4) is 159 Å². The molecule has 22 rings (SSSR count). The number of benzene rings is 18. The van der Waals surface area contributed by atoms with E-state index in [9.17, 15) is 31.6 Å². The van der Waals surface area contributed by atoms with Crippen molar-refractivity contribution in [3.63, 3.8) is 0 Å². The first-order chi connectivity index (χ1) is 67.7. The number of alkyl halides is 12. The molecule has 0 aliphatic carbocycles. The number of para-hydroxylation sites is 2. The van der Waals surface area contributed by atoms with Crippen LogP contribution in [0.5, 0.6) is 0 Å². The van der Waals surface area contributed by atoms with E-state index in [0.29, 0.717) is 160 Å². The number of aromatic nitrogens is 4.